The molecule has 0 aliphatic heterocycles. The predicted molar refractivity (Wildman–Crippen MR) is 96.8 cm³/mol. The smallest absolute Gasteiger partial charge is 0.265 e. The van der Waals surface area contributed by atoms with E-state index in [1.54, 1.807) is 14.0 Å². The molecule has 2 rings (SSSR count). The van der Waals surface area contributed by atoms with E-state index in [2.05, 4.69) is 11.9 Å². The summed E-state index contributed by atoms with van der Waals surface area (Å²) in [7, 11) is 1.58. The Morgan fingerprint density at radius 1 is 1.25 bits per heavy atom. The maximum absolute atomic E-state index is 12.3. The predicted octanol–water partition coefficient (Wildman–Crippen LogP) is 4.14. The second kappa shape index (κ2) is 8.20. The largest absolute Gasteiger partial charge is 0.493 e. The van der Waals surface area contributed by atoms with Crippen LogP contribution in [0, 0.1) is 6.92 Å². The van der Waals surface area contributed by atoms with Crippen LogP contribution >= 0.6 is 0 Å². The quantitative estimate of drug-likeness (QED) is 0.778. The average Bonchev–Trinajstić information content (AvgIpc) is 2.56. The van der Waals surface area contributed by atoms with Gasteiger partial charge in [0.05, 0.1) is 7.11 Å². The number of carbonyl (C=O) groups excluding carboxylic acids is 1. The Labute approximate surface area is 143 Å². The molecular formula is C20H23NO3. The van der Waals surface area contributed by atoms with Gasteiger partial charge in [-0.05, 0) is 55.7 Å². The highest BCUT2D eigenvalue weighted by Crippen LogP contribution is 2.29. The van der Waals surface area contributed by atoms with Crippen molar-refractivity contribution in [3.63, 3.8) is 0 Å². The van der Waals surface area contributed by atoms with Crippen molar-refractivity contribution in [1.82, 2.24) is 0 Å². The van der Waals surface area contributed by atoms with E-state index in [1.165, 1.54) is 0 Å². The first-order valence-corrected chi connectivity index (χ1v) is 7.85. The summed E-state index contributed by atoms with van der Waals surface area (Å²) in [5, 5.41) is 2.85. The molecule has 0 saturated heterocycles. The number of hydrogen-bond donors (Lipinski definition) is 1. The van der Waals surface area contributed by atoms with Crippen LogP contribution in [0.25, 0.3) is 0 Å². The lowest BCUT2D eigenvalue weighted by Gasteiger charge is -2.17. The topological polar surface area (TPSA) is 47.6 Å². The van der Waals surface area contributed by atoms with Crippen LogP contribution in [0.3, 0.4) is 0 Å². The van der Waals surface area contributed by atoms with Gasteiger partial charge >= 0.3 is 0 Å². The number of anilines is 1. The fraction of sp³-hybridized carbons (Fsp3) is 0.250. The number of ether oxygens (including phenoxy) is 2. The lowest BCUT2D eigenvalue weighted by atomic mass is 10.1. The van der Waals surface area contributed by atoms with Crippen LogP contribution in [0.15, 0.2) is 55.1 Å². The summed E-state index contributed by atoms with van der Waals surface area (Å²) in [6.45, 7) is 7.41. The van der Waals surface area contributed by atoms with Gasteiger partial charge in [-0.15, -0.1) is 6.58 Å². The third-order valence-electron chi connectivity index (χ3n) is 3.57. The van der Waals surface area contributed by atoms with E-state index in [-0.39, 0.29) is 5.91 Å². The highest BCUT2D eigenvalue weighted by molar-refractivity contribution is 5.94. The van der Waals surface area contributed by atoms with Gasteiger partial charge in [0.25, 0.3) is 5.91 Å². The summed E-state index contributed by atoms with van der Waals surface area (Å²) in [6.07, 6.45) is 1.93. The summed E-state index contributed by atoms with van der Waals surface area (Å²) in [5.74, 6) is 0.930. The molecule has 0 unspecified atom stereocenters. The van der Waals surface area contributed by atoms with Crippen molar-refractivity contribution in [3.8, 4) is 11.5 Å². The lowest BCUT2D eigenvalue weighted by Crippen LogP contribution is -2.30. The summed E-state index contributed by atoms with van der Waals surface area (Å²) in [6, 6.07) is 13.3. The number of carbonyl (C=O) groups is 1. The molecule has 0 spiro atoms. The molecule has 1 atom stereocenters. The minimum absolute atomic E-state index is 0.210. The van der Waals surface area contributed by atoms with Gasteiger partial charge in [0, 0.05) is 5.69 Å². The maximum atomic E-state index is 12.3. The minimum atomic E-state index is -0.648. The molecule has 0 saturated carbocycles. The molecule has 0 fully saturated rings. The van der Waals surface area contributed by atoms with Gasteiger partial charge in [0.1, 0.15) is 0 Å². The van der Waals surface area contributed by atoms with Gasteiger partial charge in [-0.25, -0.2) is 0 Å². The van der Waals surface area contributed by atoms with Gasteiger partial charge in [-0.2, -0.15) is 0 Å². The van der Waals surface area contributed by atoms with Gasteiger partial charge in [0.15, 0.2) is 17.6 Å². The zero-order chi connectivity index (χ0) is 17.5. The Kier molecular flexibility index (Phi) is 6.01. The first kappa shape index (κ1) is 17.6. The molecule has 0 aliphatic carbocycles. The summed E-state index contributed by atoms with van der Waals surface area (Å²) in [4.78, 5) is 12.3. The summed E-state index contributed by atoms with van der Waals surface area (Å²) < 4.78 is 11.1. The Hall–Kier alpha value is -2.75. The molecule has 0 radical (unpaired) electrons. The molecule has 4 heteroatoms. The molecule has 1 N–H and O–H groups in total. The number of benzene rings is 2. The molecule has 0 bridgehead atoms. The molecule has 0 aliphatic rings. The van der Waals surface area contributed by atoms with Crippen LogP contribution in [0.4, 0.5) is 5.69 Å². The van der Waals surface area contributed by atoms with Gasteiger partial charge < -0.3 is 14.8 Å². The number of nitrogens with one attached hydrogen (secondary N) is 1. The van der Waals surface area contributed by atoms with Gasteiger partial charge in [-0.1, -0.05) is 24.3 Å². The Balaban J connectivity index is 2.06. The van der Waals surface area contributed by atoms with Crippen molar-refractivity contribution in [1.29, 1.82) is 0 Å². The fourth-order valence-electron chi connectivity index (χ4n) is 2.31. The number of amides is 1. The molecule has 2 aromatic rings. The third-order valence-corrected chi connectivity index (χ3v) is 3.57. The standard InChI is InChI=1S/C20H23NO3/c1-5-7-16-10-11-18(19(13-16)23-4)24-15(3)20(22)21-17-9-6-8-14(2)12-17/h5-6,8-13,15H,1,7H2,2-4H3,(H,21,22)/t15-/m1/s1. The molecule has 126 valence electrons. The average molecular weight is 325 g/mol. The zero-order valence-corrected chi connectivity index (χ0v) is 14.3. The van der Waals surface area contributed by atoms with Crippen LogP contribution < -0.4 is 14.8 Å². The van der Waals surface area contributed by atoms with Crippen molar-refractivity contribution in [3.05, 3.63) is 66.2 Å². The van der Waals surface area contributed by atoms with Crippen LogP contribution in [-0.4, -0.2) is 19.1 Å². The van der Waals surface area contributed by atoms with Gasteiger partial charge in [0.2, 0.25) is 0 Å². The fourth-order valence-corrected chi connectivity index (χ4v) is 2.31. The maximum Gasteiger partial charge on any atom is 0.265 e. The van der Waals surface area contributed by atoms with Crippen molar-refractivity contribution >= 4 is 11.6 Å². The second-order valence-electron chi connectivity index (χ2n) is 5.60. The number of allylic oxidation sites excluding steroid dienone is 1. The van der Waals surface area contributed by atoms with E-state index < -0.39 is 6.10 Å². The SMILES string of the molecule is C=CCc1ccc(O[C@H](C)C(=O)Nc2cccc(C)c2)c(OC)c1. The normalized spacial score (nSPS) is 11.5. The van der Waals surface area contributed by atoms with Crippen molar-refractivity contribution in [2.75, 3.05) is 12.4 Å². The molecule has 0 aromatic heterocycles. The van der Waals surface area contributed by atoms with Crippen molar-refractivity contribution < 1.29 is 14.3 Å². The van der Waals surface area contributed by atoms with Crippen LogP contribution in [0.2, 0.25) is 0 Å². The first-order valence-electron chi connectivity index (χ1n) is 7.85. The monoisotopic (exact) mass is 325 g/mol. The summed E-state index contributed by atoms with van der Waals surface area (Å²) in [5.41, 5.74) is 2.91. The molecule has 1 amide bonds. The molecular weight excluding hydrogens is 302 g/mol. The Morgan fingerprint density at radius 3 is 2.71 bits per heavy atom. The molecule has 24 heavy (non-hydrogen) atoms. The van der Waals surface area contributed by atoms with E-state index >= 15 is 0 Å². The van der Waals surface area contributed by atoms with E-state index in [1.807, 2.05) is 55.5 Å². The second-order valence-corrected chi connectivity index (χ2v) is 5.60. The highest BCUT2D eigenvalue weighted by Gasteiger charge is 2.17. The molecule has 4 nitrogen and oxygen atoms in total. The summed E-state index contributed by atoms with van der Waals surface area (Å²) >= 11 is 0. The van der Waals surface area contributed by atoms with E-state index in [0.717, 1.165) is 23.2 Å². The zero-order valence-electron chi connectivity index (χ0n) is 14.3. The number of hydrogen-bond acceptors (Lipinski definition) is 3. The van der Waals surface area contributed by atoms with Crippen LogP contribution in [0.1, 0.15) is 18.1 Å². The highest BCUT2D eigenvalue weighted by atomic mass is 16.5. The van der Waals surface area contributed by atoms with Crippen LogP contribution in [-0.2, 0) is 11.2 Å². The molecule has 2 aromatic carbocycles. The third kappa shape index (κ3) is 4.62. The van der Waals surface area contributed by atoms with Crippen molar-refractivity contribution in [2.45, 2.75) is 26.4 Å². The number of rotatable bonds is 7. The molecule has 0 heterocycles. The van der Waals surface area contributed by atoms with E-state index in [4.69, 9.17) is 9.47 Å². The van der Waals surface area contributed by atoms with Crippen molar-refractivity contribution in [2.24, 2.45) is 0 Å². The van der Waals surface area contributed by atoms with Crippen LogP contribution in [0.5, 0.6) is 11.5 Å². The Bertz CT molecular complexity index is 725. The minimum Gasteiger partial charge on any atom is -0.493 e. The van der Waals surface area contributed by atoms with Gasteiger partial charge in [-0.3, -0.25) is 4.79 Å². The number of methoxy groups -OCH3 is 1. The van der Waals surface area contributed by atoms with E-state index in [0.29, 0.717) is 11.5 Å². The number of aryl methyl sites for hydroxylation is 1. The first-order chi connectivity index (χ1) is 11.5. The lowest BCUT2D eigenvalue weighted by molar-refractivity contribution is -0.122. The van der Waals surface area contributed by atoms with E-state index in [9.17, 15) is 4.79 Å². The Morgan fingerprint density at radius 2 is 2.04 bits per heavy atom.